The first-order valence-electron chi connectivity index (χ1n) is 7.40. The van der Waals surface area contributed by atoms with Crippen LogP contribution in [0.4, 0.5) is 0 Å². The van der Waals surface area contributed by atoms with E-state index in [0.717, 1.165) is 22.4 Å². The van der Waals surface area contributed by atoms with Crippen LogP contribution in [0.2, 0.25) is 0 Å². The van der Waals surface area contributed by atoms with Gasteiger partial charge >= 0.3 is 0 Å². The Morgan fingerprint density at radius 3 is 2.13 bits per heavy atom. The lowest BCUT2D eigenvalue weighted by atomic mass is 9.98. The Bertz CT molecular complexity index is 813. The van der Waals surface area contributed by atoms with E-state index in [9.17, 15) is 4.79 Å². The largest absolute Gasteiger partial charge is 0.488 e. The fraction of sp³-hybridized carbons (Fsp3) is 0.0500. The maximum atomic E-state index is 11.7. The molecule has 0 radical (unpaired) electrons. The molecule has 3 rings (SSSR count). The number of hydrogen-bond acceptors (Lipinski definition) is 2. The molecule has 0 unspecified atom stereocenters. The number of carbonyl (C=O) groups is 1. The van der Waals surface area contributed by atoms with E-state index in [2.05, 4.69) is 0 Å². The van der Waals surface area contributed by atoms with Crippen LogP contribution in [0, 0.1) is 0 Å². The van der Waals surface area contributed by atoms with E-state index in [1.807, 2.05) is 66.7 Å². The number of para-hydroxylation sites is 1. The van der Waals surface area contributed by atoms with Crippen molar-refractivity contribution in [3.63, 3.8) is 0 Å². The van der Waals surface area contributed by atoms with Crippen LogP contribution in [0.5, 0.6) is 5.75 Å². The summed E-state index contributed by atoms with van der Waals surface area (Å²) in [5.74, 6) is 0.281. The number of nitrogens with two attached hydrogens (primary N) is 1. The zero-order valence-corrected chi connectivity index (χ0v) is 12.6. The Morgan fingerprint density at radius 1 is 0.783 bits per heavy atom. The second-order valence-corrected chi connectivity index (χ2v) is 5.18. The van der Waals surface area contributed by atoms with Gasteiger partial charge in [0.25, 0.3) is 0 Å². The molecule has 3 aromatic rings. The van der Waals surface area contributed by atoms with Gasteiger partial charge < -0.3 is 10.5 Å². The highest BCUT2D eigenvalue weighted by molar-refractivity contribution is 6.00. The molecule has 0 bridgehead atoms. The lowest BCUT2D eigenvalue weighted by Crippen LogP contribution is -2.12. The van der Waals surface area contributed by atoms with E-state index in [1.54, 1.807) is 12.1 Å². The molecule has 0 saturated carbocycles. The molecular weight excluding hydrogens is 286 g/mol. The van der Waals surface area contributed by atoms with Gasteiger partial charge in [0.1, 0.15) is 12.4 Å². The van der Waals surface area contributed by atoms with Crippen LogP contribution in [0.3, 0.4) is 0 Å². The number of primary amides is 1. The first-order chi connectivity index (χ1) is 11.3. The smallest absolute Gasteiger partial charge is 0.249 e. The zero-order valence-electron chi connectivity index (χ0n) is 12.6. The maximum absolute atomic E-state index is 11.7. The monoisotopic (exact) mass is 303 g/mol. The average Bonchev–Trinajstić information content (AvgIpc) is 2.61. The fourth-order valence-corrected chi connectivity index (χ4v) is 2.48. The summed E-state index contributed by atoms with van der Waals surface area (Å²) >= 11 is 0. The highest BCUT2D eigenvalue weighted by Crippen LogP contribution is 2.32. The summed E-state index contributed by atoms with van der Waals surface area (Å²) in [4.78, 5) is 11.7. The third-order valence-electron chi connectivity index (χ3n) is 3.61. The van der Waals surface area contributed by atoms with Gasteiger partial charge in [0.2, 0.25) is 5.91 Å². The van der Waals surface area contributed by atoms with Gasteiger partial charge in [-0.1, -0.05) is 66.7 Å². The molecule has 2 N–H and O–H groups in total. The van der Waals surface area contributed by atoms with Crippen LogP contribution in [0.15, 0.2) is 78.9 Å². The minimum absolute atomic E-state index is 0.446. The molecule has 0 aromatic heterocycles. The van der Waals surface area contributed by atoms with Crippen molar-refractivity contribution in [2.75, 3.05) is 0 Å². The third kappa shape index (κ3) is 3.40. The standard InChI is InChI=1S/C20H17NO2/c21-20(22)18-12-5-4-10-16(18)17-11-6-7-13-19(17)23-14-15-8-2-1-3-9-15/h1-13H,14H2,(H2,21,22). The summed E-state index contributed by atoms with van der Waals surface area (Å²) in [5, 5.41) is 0. The predicted octanol–water partition coefficient (Wildman–Crippen LogP) is 4.03. The Hall–Kier alpha value is -3.07. The number of carbonyl (C=O) groups excluding carboxylic acids is 1. The van der Waals surface area contributed by atoms with Gasteiger partial charge in [-0.3, -0.25) is 4.79 Å². The van der Waals surface area contributed by atoms with Crippen molar-refractivity contribution in [3.05, 3.63) is 90.0 Å². The maximum Gasteiger partial charge on any atom is 0.249 e. The van der Waals surface area contributed by atoms with Gasteiger partial charge in [0, 0.05) is 11.1 Å². The molecule has 0 saturated heterocycles. The van der Waals surface area contributed by atoms with E-state index < -0.39 is 5.91 Å². The summed E-state index contributed by atoms with van der Waals surface area (Å²) < 4.78 is 5.96. The second kappa shape index (κ2) is 6.79. The molecule has 0 heterocycles. The molecule has 3 aromatic carbocycles. The lowest BCUT2D eigenvalue weighted by molar-refractivity contribution is 0.100. The molecule has 0 aliphatic rings. The topological polar surface area (TPSA) is 52.3 Å². The lowest BCUT2D eigenvalue weighted by Gasteiger charge is -2.13. The summed E-state index contributed by atoms with van der Waals surface area (Å²) in [5.41, 5.74) is 8.71. The molecule has 1 amide bonds. The molecule has 0 atom stereocenters. The molecule has 0 fully saturated rings. The molecule has 114 valence electrons. The fourth-order valence-electron chi connectivity index (χ4n) is 2.48. The van der Waals surface area contributed by atoms with Crippen LogP contribution < -0.4 is 10.5 Å². The Kier molecular flexibility index (Phi) is 4.39. The zero-order chi connectivity index (χ0) is 16.1. The second-order valence-electron chi connectivity index (χ2n) is 5.18. The predicted molar refractivity (Wildman–Crippen MR) is 91.2 cm³/mol. The minimum atomic E-state index is -0.446. The van der Waals surface area contributed by atoms with E-state index in [0.29, 0.717) is 12.2 Å². The SMILES string of the molecule is NC(=O)c1ccccc1-c1ccccc1OCc1ccccc1. The van der Waals surface area contributed by atoms with E-state index in [4.69, 9.17) is 10.5 Å². The van der Waals surface area contributed by atoms with Crippen molar-refractivity contribution in [1.82, 2.24) is 0 Å². The first-order valence-corrected chi connectivity index (χ1v) is 7.40. The minimum Gasteiger partial charge on any atom is -0.488 e. The van der Waals surface area contributed by atoms with Crippen molar-refractivity contribution >= 4 is 5.91 Å². The van der Waals surface area contributed by atoms with Crippen molar-refractivity contribution in [1.29, 1.82) is 0 Å². The van der Waals surface area contributed by atoms with Crippen LogP contribution in [-0.4, -0.2) is 5.91 Å². The first kappa shape index (κ1) is 14.9. The number of benzene rings is 3. The quantitative estimate of drug-likeness (QED) is 0.773. The summed E-state index contributed by atoms with van der Waals surface area (Å²) in [6.45, 7) is 0.469. The molecule has 23 heavy (non-hydrogen) atoms. The number of ether oxygens (including phenoxy) is 1. The van der Waals surface area contributed by atoms with Crippen molar-refractivity contribution in [2.45, 2.75) is 6.61 Å². The summed E-state index contributed by atoms with van der Waals surface area (Å²) in [6.07, 6.45) is 0. The molecule has 3 heteroatoms. The van der Waals surface area contributed by atoms with Gasteiger partial charge in [-0.05, 0) is 23.3 Å². The Balaban J connectivity index is 1.94. The number of hydrogen-bond donors (Lipinski definition) is 1. The molecular formula is C20H17NO2. The van der Waals surface area contributed by atoms with Gasteiger partial charge in [-0.25, -0.2) is 0 Å². The van der Waals surface area contributed by atoms with Gasteiger partial charge in [0.15, 0.2) is 0 Å². The normalized spacial score (nSPS) is 10.3. The van der Waals surface area contributed by atoms with Crippen LogP contribution in [-0.2, 0) is 6.61 Å². The number of rotatable bonds is 5. The van der Waals surface area contributed by atoms with Crippen LogP contribution >= 0.6 is 0 Å². The Labute approximate surface area is 135 Å². The van der Waals surface area contributed by atoms with Gasteiger partial charge in [0.05, 0.1) is 0 Å². The molecule has 3 nitrogen and oxygen atoms in total. The van der Waals surface area contributed by atoms with Gasteiger partial charge in [-0.15, -0.1) is 0 Å². The van der Waals surface area contributed by atoms with E-state index in [1.165, 1.54) is 0 Å². The van der Waals surface area contributed by atoms with Crippen molar-refractivity contribution in [2.24, 2.45) is 5.73 Å². The summed E-state index contributed by atoms with van der Waals surface area (Å²) in [6, 6.07) is 24.9. The Morgan fingerprint density at radius 2 is 1.39 bits per heavy atom. The van der Waals surface area contributed by atoms with Crippen LogP contribution in [0.25, 0.3) is 11.1 Å². The van der Waals surface area contributed by atoms with Crippen molar-refractivity contribution in [3.8, 4) is 16.9 Å². The highest BCUT2D eigenvalue weighted by Gasteiger charge is 2.13. The highest BCUT2D eigenvalue weighted by atomic mass is 16.5. The molecule has 0 spiro atoms. The molecule has 0 aliphatic carbocycles. The van der Waals surface area contributed by atoms with Crippen molar-refractivity contribution < 1.29 is 9.53 Å². The van der Waals surface area contributed by atoms with Crippen LogP contribution in [0.1, 0.15) is 15.9 Å². The van der Waals surface area contributed by atoms with E-state index in [-0.39, 0.29) is 0 Å². The third-order valence-corrected chi connectivity index (χ3v) is 3.61. The molecule has 0 aliphatic heterocycles. The number of amides is 1. The average molecular weight is 303 g/mol. The van der Waals surface area contributed by atoms with Gasteiger partial charge in [-0.2, -0.15) is 0 Å². The van der Waals surface area contributed by atoms with E-state index >= 15 is 0 Å². The summed E-state index contributed by atoms with van der Waals surface area (Å²) in [7, 11) is 0.